The predicted octanol–water partition coefficient (Wildman–Crippen LogP) is 2.02. The van der Waals surface area contributed by atoms with Crippen LogP contribution in [0.15, 0.2) is 36.0 Å². The zero-order valence-corrected chi connectivity index (χ0v) is 11.4. The molecule has 0 aliphatic rings. The van der Waals surface area contributed by atoms with Crippen molar-refractivity contribution < 1.29 is 23.1 Å². The molecule has 0 aliphatic heterocycles. The van der Waals surface area contributed by atoms with Gasteiger partial charge in [-0.25, -0.2) is 0 Å². The van der Waals surface area contributed by atoms with Gasteiger partial charge in [-0.1, -0.05) is 6.07 Å². The molecule has 8 heteroatoms. The highest BCUT2D eigenvalue weighted by atomic mass is 19.4. The van der Waals surface area contributed by atoms with Gasteiger partial charge in [0, 0.05) is 25.0 Å². The van der Waals surface area contributed by atoms with Crippen molar-refractivity contribution >= 4 is 11.6 Å². The average Bonchev–Trinajstić information content (AvgIpc) is 2.46. The van der Waals surface area contributed by atoms with Crippen molar-refractivity contribution in [2.75, 3.05) is 18.5 Å². The molecule has 3 N–H and O–H groups in total. The number of aliphatic hydroxyl groups is 1. The van der Waals surface area contributed by atoms with E-state index < -0.39 is 17.6 Å². The maximum Gasteiger partial charge on any atom is 0.416 e. The molecule has 0 unspecified atom stereocenters. The molecule has 0 saturated carbocycles. The third kappa shape index (κ3) is 5.46. The van der Waals surface area contributed by atoms with Gasteiger partial charge in [-0.3, -0.25) is 4.79 Å². The van der Waals surface area contributed by atoms with Crippen LogP contribution < -0.4 is 10.6 Å². The Morgan fingerprint density at radius 2 is 2.14 bits per heavy atom. The van der Waals surface area contributed by atoms with Crippen LogP contribution in [0.25, 0.3) is 0 Å². The van der Waals surface area contributed by atoms with Gasteiger partial charge in [0.05, 0.1) is 5.56 Å². The topological polar surface area (TPSA) is 85.2 Å². The second-order valence-corrected chi connectivity index (χ2v) is 4.23. The fraction of sp³-hybridized carbons (Fsp3) is 0.286. The van der Waals surface area contributed by atoms with Crippen molar-refractivity contribution in [2.45, 2.75) is 12.6 Å². The first-order valence-corrected chi connectivity index (χ1v) is 6.31. The number of nitrogens with one attached hydrogen (secondary N) is 2. The number of nitrogens with zero attached hydrogens (tertiary/aromatic N) is 1. The minimum Gasteiger partial charge on any atom is -0.396 e. The second kappa shape index (κ2) is 8.05. The lowest BCUT2D eigenvalue weighted by atomic mass is 10.2. The van der Waals surface area contributed by atoms with E-state index in [0.717, 1.165) is 24.4 Å². The lowest BCUT2D eigenvalue weighted by Crippen LogP contribution is -2.18. The zero-order valence-electron chi connectivity index (χ0n) is 11.4. The maximum atomic E-state index is 12.6. The van der Waals surface area contributed by atoms with Crippen LogP contribution in [0.2, 0.25) is 0 Å². The highest BCUT2D eigenvalue weighted by Crippen LogP contribution is 2.30. The molecule has 22 heavy (non-hydrogen) atoms. The van der Waals surface area contributed by atoms with Gasteiger partial charge in [-0.05, 0) is 24.6 Å². The van der Waals surface area contributed by atoms with E-state index in [-0.39, 0.29) is 17.9 Å². The molecule has 118 valence electrons. The summed E-state index contributed by atoms with van der Waals surface area (Å²) in [5, 5.41) is 22.3. The van der Waals surface area contributed by atoms with Gasteiger partial charge < -0.3 is 15.7 Å². The molecule has 1 rings (SSSR count). The quantitative estimate of drug-likeness (QED) is 0.426. The number of benzene rings is 1. The SMILES string of the molecule is N#C/C(=C/NCCCO)C(=O)Nc1cccc(C(F)(F)F)c1. The molecule has 1 aromatic carbocycles. The number of alkyl halides is 3. The molecular weight excluding hydrogens is 299 g/mol. The molecule has 0 radical (unpaired) electrons. The number of carbonyl (C=O) groups excluding carboxylic acids is 1. The summed E-state index contributed by atoms with van der Waals surface area (Å²) < 4.78 is 37.7. The Labute approximate surface area is 125 Å². The fourth-order valence-corrected chi connectivity index (χ4v) is 1.48. The molecule has 5 nitrogen and oxygen atoms in total. The van der Waals surface area contributed by atoms with Crippen LogP contribution >= 0.6 is 0 Å². The predicted molar refractivity (Wildman–Crippen MR) is 73.5 cm³/mol. The molecule has 0 heterocycles. The van der Waals surface area contributed by atoms with E-state index in [1.807, 2.05) is 0 Å². The lowest BCUT2D eigenvalue weighted by molar-refractivity contribution is -0.137. The van der Waals surface area contributed by atoms with E-state index in [4.69, 9.17) is 10.4 Å². The average molecular weight is 313 g/mol. The molecular formula is C14H14F3N3O2. The third-order valence-electron chi connectivity index (χ3n) is 2.54. The summed E-state index contributed by atoms with van der Waals surface area (Å²) in [6.45, 7) is 0.317. The standard InChI is InChI=1S/C14H14F3N3O2/c15-14(16,17)11-3-1-4-12(7-11)20-13(22)10(8-18)9-19-5-2-6-21/h1,3-4,7,9,19,21H,2,5-6H2,(H,20,22)/b10-9-. The molecule has 0 saturated heterocycles. The number of halogens is 3. The van der Waals surface area contributed by atoms with Crippen molar-refractivity contribution in [3.63, 3.8) is 0 Å². The molecule has 0 aromatic heterocycles. The third-order valence-corrected chi connectivity index (χ3v) is 2.54. The number of aliphatic hydroxyl groups excluding tert-OH is 1. The number of anilines is 1. The monoisotopic (exact) mass is 313 g/mol. The Hall–Kier alpha value is -2.53. The Kier molecular flexibility index (Phi) is 6.41. The molecule has 1 aromatic rings. The Morgan fingerprint density at radius 3 is 2.73 bits per heavy atom. The Morgan fingerprint density at radius 1 is 1.41 bits per heavy atom. The van der Waals surface area contributed by atoms with Crippen LogP contribution in [-0.2, 0) is 11.0 Å². The first kappa shape index (κ1) is 17.5. The van der Waals surface area contributed by atoms with Gasteiger partial charge in [0.15, 0.2) is 0 Å². The molecule has 0 atom stereocenters. The van der Waals surface area contributed by atoms with E-state index in [1.165, 1.54) is 6.07 Å². The van der Waals surface area contributed by atoms with E-state index in [2.05, 4.69) is 10.6 Å². The van der Waals surface area contributed by atoms with Gasteiger partial charge in [0.2, 0.25) is 0 Å². The number of rotatable bonds is 6. The Balaban J connectivity index is 2.77. The normalized spacial score (nSPS) is 11.7. The summed E-state index contributed by atoms with van der Waals surface area (Å²) in [5.74, 6) is -0.821. The number of hydrogen-bond acceptors (Lipinski definition) is 4. The number of nitriles is 1. The summed E-state index contributed by atoms with van der Waals surface area (Å²) >= 11 is 0. The van der Waals surface area contributed by atoms with Crippen LogP contribution in [-0.4, -0.2) is 24.2 Å². The maximum absolute atomic E-state index is 12.6. The minimum atomic E-state index is -4.51. The van der Waals surface area contributed by atoms with Crippen LogP contribution in [0.5, 0.6) is 0 Å². The van der Waals surface area contributed by atoms with Crippen LogP contribution in [0.1, 0.15) is 12.0 Å². The first-order valence-electron chi connectivity index (χ1n) is 6.31. The summed E-state index contributed by atoms with van der Waals surface area (Å²) in [6.07, 6.45) is -2.93. The first-order chi connectivity index (χ1) is 10.4. The largest absolute Gasteiger partial charge is 0.416 e. The summed E-state index contributed by atoms with van der Waals surface area (Å²) in [5.41, 5.74) is -1.24. The smallest absolute Gasteiger partial charge is 0.396 e. The fourth-order valence-electron chi connectivity index (χ4n) is 1.48. The van der Waals surface area contributed by atoms with Gasteiger partial charge >= 0.3 is 6.18 Å². The zero-order chi connectivity index (χ0) is 16.6. The number of amides is 1. The lowest BCUT2D eigenvalue weighted by Gasteiger charge is -2.09. The van der Waals surface area contributed by atoms with Crippen molar-refractivity contribution in [3.05, 3.63) is 41.6 Å². The van der Waals surface area contributed by atoms with Crippen molar-refractivity contribution in [1.29, 1.82) is 5.26 Å². The van der Waals surface area contributed by atoms with Crippen LogP contribution in [0, 0.1) is 11.3 Å². The Bertz CT molecular complexity index is 592. The van der Waals surface area contributed by atoms with Crippen molar-refractivity contribution in [3.8, 4) is 6.07 Å². The van der Waals surface area contributed by atoms with Crippen LogP contribution in [0.4, 0.5) is 18.9 Å². The van der Waals surface area contributed by atoms with Gasteiger partial charge in [-0.2, -0.15) is 18.4 Å². The van der Waals surface area contributed by atoms with Crippen molar-refractivity contribution in [1.82, 2.24) is 5.32 Å². The summed E-state index contributed by atoms with van der Waals surface area (Å²) in [6, 6.07) is 5.76. The molecule has 0 bridgehead atoms. The molecule has 0 aliphatic carbocycles. The number of carbonyl (C=O) groups is 1. The van der Waals surface area contributed by atoms with Crippen molar-refractivity contribution in [2.24, 2.45) is 0 Å². The summed E-state index contributed by atoms with van der Waals surface area (Å²) in [4.78, 5) is 11.8. The second-order valence-electron chi connectivity index (χ2n) is 4.23. The van der Waals surface area contributed by atoms with E-state index in [1.54, 1.807) is 6.07 Å². The van der Waals surface area contributed by atoms with E-state index in [0.29, 0.717) is 13.0 Å². The summed E-state index contributed by atoms with van der Waals surface area (Å²) in [7, 11) is 0. The van der Waals surface area contributed by atoms with Gasteiger partial charge in [-0.15, -0.1) is 0 Å². The van der Waals surface area contributed by atoms with E-state index >= 15 is 0 Å². The minimum absolute atomic E-state index is 0.0425. The van der Waals surface area contributed by atoms with Gasteiger partial charge in [0.25, 0.3) is 5.91 Å². The molecule has 0 spiro atoms. The van der Waals surface area contributed by atoms with Crippen LogP contribution in [0.3, 0.4) is 0 Å². The number of hydrogen-bond donors (Lipinski definition) is 3. The highest BCUT2D eigenvalue weighted by Gasteiger charge is 2.30. The van der Waals surface area contributed by atoms with E-state index in [9.17, 15) is 18.0 Å². The molecule has 1 amide bonds. The molecule has 0 fully saturated rings. The highest BCUT2D eigenvalue weighted by molar-refractivity contribution is 6.06. The van der Waals surface area contributed by atoms with Gasteiger partial charge in [0.1, 0.15) is 11.6 Å².